The minimum atomic E-state index is -0.807. The van der Waals surface area contributed by atoms with E-state index in [0.29, 0.717) is 17.0 Å². The molecule has 0 fully saturated rings. The van der Waals surface area contributed by atoms with E-state index in [0.717, 1.165) is 5.56 Å². The number of nitrogens with zero attached hydrogens (tertiary/aromatic N) is 1. The summed E-state index contributed by atoms with van der Waals surface area (Å²) in [7, 11) is 0. The van der Waals surface area contributed by atoms with Crippen LogP contribution < -0.4 is 5.32 Å². The summed E-state index contributed by atoms with van der Waals surface area (Å²) in [5.74, 6) is 0. The number of hydrogen-bond acceptors (Lipinski definition) is 4. The van der Waals surface area contributed by atoms with Gasteiger partial charge in [-0.15, -0.1) is 0 Å². The van der Waals surface area contributed by atoms with Gasteiger partial charge in [-0.2, -0.15) is 0 Å². The molecular weight excluding hydrogens is 268 g/mol. The maximum Gasteiger partial charge on any atom is 0.408 e. The maximum atomic E-state index is 11.6. The second-order valence-electron chi connectivity index (χ2n) is 5.14. The Balaban J connectivity index is 2.81. The normalized spacial score (nSPS) is 12.7. The second-order valence-corrected chi connectivity index (χ2v) is 5.49. The highest BCUT2D eigenvalue weighted by atomic mass is 35.5. The third kappa shape index (κ3) is 4.87. The molecule has 1 atom stereocenters. The van der Waals surface area contributed by atoms with E-state index in [1.807, 2.05) is 0 Å². The van der Waals surface area contributed by atoms with Gasteiger partial charge >= 0.3 is 6.09 Å². The molecule has 0 saturated heterocycles. The number of aryl methyl sites for hydroxylation is 1. The van der Waals surface area contributed by atoms with Crippen molar-refractivity contribution in [1.82, 2.24) is 10.3 Å². The molecule has 0 aliphatic heterocycles. The molecule has 1 amide bonds. The van der Waals surface area contributed by atoms with Crippen LogP contribution >= 0.6 is 11.6 Å². The van der Waals surface area contributed by atoms with E-state index in [9.17, 15) is 9.59 Å². The smallest absolute Gasteiger partial charge is 0.408 e. The van der Waals surface area contributed by atoms with Crippen LogP contribution in [0.25, 0.3) is 0 Å². The van der Waals surface area contributed by atoms with Gasteiger partial charge in [0.1, 0.15) is 23.1 Å². The molecule has 104 valence electrons. The van der Waals surface area contributed by atoms with Crippen molar-refractivity contribution in [3.63, 3.8) is 0 Å². The Morgan fingerprint density at radius 2 is 2.16 bits per heavy atom. The summed E-state index contributed by atoms with van der Waals surface area (Å²) in [6.07, 6.45) is 1.41. The van der Waals surface area contributed by atoms with Gasteiger partial charge in [-0.05, 0) is 39.3 Å². The van der Waals surface area contributed by atoms with E-state index in [4.69, 9.17) is 16.3 Å². The van der Waals surface area contributed by atoms with E-state index in [2.05, 4.69) is 10.3 Å². The second kappa shape index (κ2) is 6.02. The Labute approximate surface area is 117 Å². The lowest BCUT2D eigenvalue weighted by Gasteiger charge is -2.21. The molecule has 0 saturated carbocycles. The van der Waals surface area contributed by atoms with Crippen molar-refractivity contribution in [3.05, 3.63) is 28.5 Å². The van der Waals surface area contributed by atoms with Crippen molar-refractivity contribution in [2.75, 3.05) is 0 Å². The van der Waals surface area contributed by atoms with Gasteiger partial charge in [-0.1, -0.05) is 11.6 Å². The Hall–Kier alpha value is -1.62. The van der Waals surface area contributed by atoms with Crippen LogP contribution in [-0.2, 0) is 9.53 Å². The highest BCUT2D eigenvalue weighted by molar-refractivity contribution is 6.30. The van der Waals surface area contributed by atoms with Crippen LogP contribution in [0, 0.1) is 6.92 Å². The van der Waals surface area contributed by atoms with Gasteiger partial charge in [0.2, 0.25) is 0 Å². The largest absolute Gasteiger partial charge is 0.444 e. The summed E-state index contributed by atoms with van der Waals surface area (Å²) >= 11 is 5.81. The Kier molecular flexibility index (Phi) is 4.89. The number of carbonyl (C=O) groups is 2. The van der Waals surface area contributed by atoms with Crippen molar-refractivity contribution in [2.24, 2.45) is 0 Å². The summed E-state index contributed by atoms with van der Waals surface area (Å²) in [4.78, 5) is 26.6. The van der Waals surface area contributed by atoms with Gasteiger partial charge in [0, 0.05) is 11.8 Å². The molecule has 0 bridgehead atoms. The van der Waals surface area contributed by atoms with Crippen molar-refractivity contribution in [2.45, 2.75) is 39.3 Å². The van der Waals surface area contributed by atoms with E-state index in [1.165, 1.54) is 6.20 Å². The molecule has 1 heterocycles. The van der Waals surface area contributed by atoms with Crippen LogP contribution in [0.2, 0.25) is 5.15 Å². The fourth-order valence-corrected chi connectivity index (χ4v) is 1.48. The number of pyridine rings is 1. The zero-order valence-electron chi connectivity index (χ0n) is 11.4. The molecule has 1 aromatic heterocycles. The van der Waals surface area contributed by atoms with Gasteiger partial charge < -0.3 is 14.8 Å². The first kappa shape index (κ1) is 15.4. The van der Waals surface area contributed by atoms with Crippen LogP contribution in [0.4, 0.5) is 4.79 Å². The number of aromatic nitrogens is 1. The molecule has 1 N–H and O–H groups in total. The lowest BCUT2D eigenvalue weighted by atomic mass is 10.1. The van der Waals surface area contributed by atoms with Crippen LogP contribution in [0.5, 0.6) is 0 Å². The van der Waals surface area contributed by atoms with Crippen LogP contribution in [0.3, 0.4) is 0 Å². The minimum absolute atomic E-state index is 0.366. The van der Waals surface area contributed by atoms with Gasteiger partial charge in [-0.3, -0.25) is 0 Å². The summed E-state index contributed by atoms with van der Waals surface area (Å²) in [5.41, 5.74) is 0.672. The van der Waals surface area contributed by atoms with Crippen LogP contribution in [0.15, 0.2) is 12.3 Å². The number of amides is 1. The molecule has 19 heavy (non-hydrogen) atoms. The van der Waals surface area contributed by atoms with Gasteiger partial charge in [0.05, 0.1) is 0 Å². The maximum absolute atomic E-state index is 11.6. The fraction of sp³-hybridized carbons (Fsp3) is 0.462. The van der Waals surface area contributed by atoms with Gasteiger partial charge in [0.15, 0.2) is 0 Å². The molecule has 5 nitrogen and oxygen atoms in total. The standard InChI is InChI=1S/C13H17ClN2O3/c1-8-5-9(6-15-11(8)14)10(7-17)16-12(18)19-13(2,3)4/h5-7,10H,1-4H3,(H,16,18). The van der Waals surface area contributed by atoms with E-state index >= 15 is 0 Å². The zero-order valence-corrected chi connectivity index (χ0v) is 12.1. The van der Waals surface area contributed by atoms with Crippen molar-refractivity contribution in [3.8, 4) is 0 Å². The number of nitrogens with one attached hydrogen (secondary N) is 1. The lowest BCUT2D eigenvalue weighted by molar-refractivity contribution is -0.109. The first-order chi connectivity index (χ1) is 8.73. The highest BCUT2D eigenvalue weighted by Gasteiger charge is 2.20. The number of hydrogen-bond donors (Lipinski definition) is 1. The molecule has 1 rings (SSSR count). The average Bonchev–Trinajstić information content (AvgIpc) is 2.27. The van der Waals surface area contributed by atoms with Crippen molar-refractivity contribution < 1.29 is 14.3 Å². The van der Waals surface area contributed by atoms with Crippen molar-refractivity contribution >= 4 is 24.0 Å². The predicted octanol–water partition coefficient (Wildman–Crippen LogP) is 2.81. The topological polar surface area (TPSA) is 68.3 Å². The number of aldehydes is 1. The summed E-state index contributed by atoms with van der Waals surface area (Å²) in [5, 5.41) is 2.84. The Bertz CT molecular complexity index is 483. The molecule has 0 aromatic carbocycles. The first-order valence-corrected chi connectivity index (χ1v) is 6.17. The van der Waals surface area contributed by atoms with E-state index in [-0.39, 0.29) is 0 Å². The number of carbonyl (C=O) groups excluding carboxylic acids is 2. The van der Waals surface area contributed by atoms with E-state index < -0.39 is 17.7 Å². The number of alkyl carbamates (subject to hydrolysis) is 1. The monoisotopic (exact) mass is 284 g/mol. The van der Waals surface area contributed by atoms with Gasteiger partial charge in [-0.25, -0.2) is 9.78 Å². The fourth-order valence-electron chi connectivity index (χ4n) is 1.38. The molecular formula is C13H17ClN2O3. The molecule has 6 heteroatoms. The summed E-state index contributed by atoms with van der Waals surface area (Å²) < 4.78 is 5.09. The number of rotatable bonds is 3. The lowest BCUT2D eigenvalue weighted by Crippen LogP contribution is -2.35. The summed E-state index contributed by atoms with van der Waals surface area (Å²) in [6.45, 7) is 7.01. The van der Waals surface area contributed by atoms with Gasteiger partial charge in [0.25, 0.3) is 0 Å². The first-order valence-electron chi connectivity index (χ1n) is 5.80. The highest BCUT2D eigenvalue weighted by Crippen LogP contribution is 2.17. The predicted molar refractivity (Wildman–Crippen MR) is 72.2 cm³/mol. The SMILES string of the molecule is Cc1cc(C(C=O)NC(=O)OC(C)(C)C)cnc1Cl. The van der Waals surface area contributed by atoms with E-state index in [1.54, 1.807) is 33.8 Å². The molecule has 0 aliphatic carbocycles. The molecule has 0 spiro atoms. The third-order valence-electron chi connectivity index (χ3n) is 2.20. The molecule has 0 radical (unpaired) electrons. The molecule has 0 aliphatic rings. The molecule has 1 aromatic rings. The summed E-state index contributed by atoms with van der Waals surface area (Å²) in [6, 6.07) is 0.893. The number of halogens is 1. The third-order valence-corrected chi connectivity index (χ3v) is 2.60. The zero-order chi connectivity index (χ0) is 14.6. The average molecular weight is 285 g/mol. The number of ether oxygens (including phenoxy) is 1. The Morgan fingerprint density at radius 1 is 1.53 bits per heavy atom. The Morgan fingerprint density at radius 3 is 2.63 bits per heavy atom. The quantitative estimate of drug-likeness (QED) is 0.684. The molecule has 1 unspecified atom stereocenters. The van der Waals surface area contributed by atoms with Crippen molar-refractivity contribution in [1.29, 1.82) is 0 Å². The minimum Gasteiger partial charge on any atom is -0.444 e. The van der Waals surface area contributed by atoms with Crippen LogP contribution in [0.1, 0.15) is 37.9 Å². The van der Waals surface area contributed by atoms with Crippen LogP contribution in [-0.4, -0.2) is 23.0 Å².